The molecule has 0 fully saturated rings. The van der Waals surface area contributed by atoms with Gasteiger partial charge < -0.3 is 0 Å². The van der Waals surface area contributed by atoms with Crippen LogP contribution in [-0.2, 0) is 15.2 Å². The van der Waals surface area contributed by atoms with Crippen molar-refractivity contribution in [2.75, 3.05) is 0 Å². The smallest absolute Gasteiger partial charge is 0.230 e. The molecule has 0 aliphatic heterocycles. The summed E-state index contributed by atoms with van der Waals surface area (Å²) >= 11 is 0. The molecule has 1 unspecified atom stereocenters. The van der Waals surface area contributed by atoms with Crippen molar-refractivity contribution in [3.63, 3.8) is 0 Å². The molecule has 1 aromatic rings. The second-order valence-electron chi connectivity index (χ2n) is 8.63. The molecule has 0 N–H and O–H groups in total. The summed E-state index contributed by atoms with van der Waals surface area (Å²) in [6.45, 7) is 10.2. The Morgan fingerprint density at radius 1 is 0.786 bits per heavy atom. The number of hydrogen-bond donors (Lipinski definition) is 0. The van der Waals surface area contributed by atoms with Crippen LogP contribution in [0.4, 0.5) is 30.7 Å². The summed E-state index contributed by atoms with van der Waals surface area (Å²) in [5.41, 5.74) is -0.454. The maximum absolute atomic E-state index is 13.9. The van der Waals surface area contributed by atoms with Crippen molar-refractivity contribution in [1.82, 2.24) is 0 Å². The summed E-state index contributed by atoms with van der Waals surface area (Å²) in [6.07, 6.45) is -10.1. The molecule has 0 radical (unpaired) electrons. The van der Waals surface area contributed by atoms with Gasteiger partial charge in [0.05, 0.1) is 12.0 Å². The molecule has 0 bridgehead atoms. The Hall–Kier alpha value is -1.35. The fraction of sp³-hybridized carbons (Fsp3) is 0.684. The van der Waals surface area contributed by atoms with Crippen LogP contribution < -0.4 is 0 Å². The maximum Gasteiger partial charge on any atom is 0.459 e. The average molecular weight is 418 g/mol. The molecule has 162 valence electrons. The predicted octanol–water partition coefficient (Wildman–Crippen LogP) is 6.99. The first-order valence-electron chi connectivity index (χ1n) is 8.55. The average Bonchev–Trinajstić information content (AvgIpc) is 2.48. The van der Waals surface area contributed by atoms with Gasteiger partial charge in [0.2, 0.25) is 0 Å². The largest absolute Gasteiger partial charge is 0.459 e. The minimum atomic E-state index is -6.40. The first kappa shape index (κ1) is 24.7. The fourth-order valence-electron chi connectivity index (χ4n) is 2.18. The first-order valence-corrected chi connectivity index (χ1v) is 8.55. The Balaban J connectivity index is 3.23. The Morgan fingerprint density at radius 3 is 1.61 bits per heavy atom. The summed E-state index contributed by atoms with van der Waals surface area (Å²) in [6, 6.07) is 5.84. The third-order valence-electron chi connectivity index (χ3n) is 3.82. The van der Waals surface area contributed by atoms with E-state index in [9.17, 15) is 30.7 Å². The third-order valence-corrected chi connectivity index (χ3v) is 3.82. The molecule has 1 aromatic carbocycles. The number of benzene rings is 1. The molecule has 0 aliphatic carbocycles. The van der Waals surface area contributed by atoms with Gasteiger partial charge in [-0.15, -0.1) is 0 Å². The molecule has 9 heteroatoms. The molecule has 1 atom stereocenters. The second kappa shape index (κ2) is 7.82. The van der Waals surface area contributed by atoms with Gasteiger partial charge in [0.1, 0.15) is 6.10 Å². The highest BCUT2D eigenvalue weighted by Gasteiger charge is 2.73. The molecule has 2 nitrogen and oxygen atoms in total. The number of rotatable bonds is 6. The van der Waals surface area contributed by atoms with Crippen LogP contribution in [0.15, 0.2) is 24.3 Å². The minimum Gasteiger partial charge on any atom is -0.230 e. The lowest BCUT2D eigenvalue weighted by Gasteiger charge is -2.31. The van der Waals surface area contributed by atoms with E-state index in [0.717, 1.165) is 5.56 Å². The van der Waals surface area contributed by atoms with Crippen molar-refractivity contribution >= 4 is 0 Å². The van der Waals surface area contributed by atoms with Gasteiger partial charge in [-0.3, -0.25) is 0 Å². The molecular formula is C19H25F7O2. The standard InChI is InChI=1S/C19H25F7O2/c1-15(2,3)13-9-7-12(8-10-13)14(27-28-16(4,5)6)11-17(20,21)18(22,23)19(24,25)26/h7-10,14H,11H2,1-6H3. The summed E-state index contributed by atoms with van der Waals surface area (Å²) < 4.78 is 91.8. The van der Waals surface area contributed by atoms with E-state index in [-0.39, 0.29) is 11.0 Å². The van der Waals surface area contributed by atoms with E-state index < -0.39 is 36.1 Å². The first-order chi connectivity index (χ1) is 12.3. The van der Waals surface area contributed by atoms with E-state index in [2.05, 4.69) is 0 Å². The van der Waals surface area contributed by atoms with Gasteiger partial charge in [-0.2, -0.15) is 30.7 Å². The van der Waals surface area contributed by atoms with Crippen molar-refractivity contribution in [1.29, 1.82) is 0 Å². The highest BCUT2D eigenvalue weighted by molar-refractivity contribution is 5.29. The molecule has 0 saturated heterocycles. The maximum atomic E-state index is 13.9. The molecule has 0 aromatic heterocycles. The van der Waals surface area contributed by atoms with Crippen LogP contribution in [0.25, 0.3) is 0 Å². The van der Waals surface area contributed by atoms with E-state index in [0.29, 0.717) is 0 Å². The van der Waals surface area contributed by atoms with E-state index >= 15 is 0 Å². The Kier molecular flexibility index (Phi) is 6.89. The van der Waals surface area contributed by atoms with Crippen LogP contribution in [0.2, 0.25) is 0 Å². The van der Waals surface area contributed by atoms with Crippen molar-refractivity contribution in [3.05, 3.63) is 35.4 Å². The minimum absolute atomic E-state index is 0.00472. The van der Waals surface area contributed by atoms with Crippen LogP contribution in [0.3, 0.4) is 0 Å². The summed E-state index contributed by atoms with van der Waals surface area (Å²) in [5, 5.41) is 0. The topological polar surface area (TPSA) is 18.5 Å². The van der Waals surface area contributed by atoms with Gasteiger partial charge >= 0.3 is 18.0 Å². The summed E-state index contributed by atoms with van der Waals surface area (Å²) in [4.78, 5) is 9.81. The van der Waals surface area contributed by atoms with Gasteiger partial charge in [0.25, 0.3) is 0 Å². The van der Waals surface area contributed by atoms with E-state index in [4.69, 9.17) is 9.78 Å². The van der Waals surface area contributed by atoms with Gasteiger partial charge in [-0.1, -0.05) is 45.0 Å². The SMILES string of the molecule is CC(C)(C)OOC(CC(F)(F)C(F)(F)C(F)(F)F)c1ccc(C(C)(C)C)cc1. The zero-order valence-electron chi connectivity index (χ0n) is 16.6. The summed E-state index contributed by atoms with van der Waals surface area (Å²) in [5.74, 6) is -11.6. The van der Waals surface area contributed by atoms with Crippen LogP contribution in [-0.4, -0.2) is 23.6 Å². The zero-order valence-corrected chi connectivity index (χ0v) is 16.6. The molecule has 0 amide bonds. The predicted molar refractivity (Wildman–Crippen MR) is 90.4 cm³/mol. The second-order valence-corrected chi connectivity index (χ2v) is 8.63. The van der Waals surface area contributed by atoms with Crippen LogP contribution in [0, 0.1) is 0 Å². The van der Waals surface area contributed by atoms with E-state index in [1.165, 1.54) is 32.9 Å². The summed E-state index contributed by atoms with van der Waals surface area (Å²) in [7, 11) is 0. The third kappa shape index (κ3) is 6.07. The Bertz CT molecular complexity index is 638. The van der Waals surface area contributed by atoms with Gasteiger partial charge in [-0.25, -0.2) is 9.78 Å². The van der Waals surface area contributed by atoms with Gasteiger partial charge in [-0.05, 0) is 37.3 Å². The lowest BCUT2D eigenvalue weighted by atomic mass is 9.86. The van der Waals surface area contributed by atoms with Crippen molar-refractivity contribution in [2.45, 2.75) is 83.1 Å². The molecular weight excluding hydrogens is 393 g/mol. The molecule has 1 rings (SSSR count). The van der Waals surface area contributed by atoms with Crippen molar-refractivity contribution in [2.24, 2.45) is 0 Å². The molecule has 0 heterocycles. The molecule has 0 spiro atoms. The van der Waals surface area contributed by atoms with Crippen molar-refractivity contribution < 1.29 is 40.5 Å². The fourth-order valence-corrected chi connectivity index (χ4v) is 2.18. The van der Waals surface area contributed by atoms with E-state index in [1.807, 2.05) is 20.8 Å². The van der Waals surface area contributed by atoms with E-state index in [1.54, 1.807) is 12.1 Å². The normalized spacial score (nSPS) is 15.6. The van der Waals surface area contributed by atoms with Gasteiger partial charge in [0.15, 0.2) is 0 Å². The quantitative estimate of drug-likeness (QED) is 0.281. The lowest BCUT2D eigenvalue weighted by molar-refractivity contribution is -0.398. The van der Waals surface area contributed by atoms with Crippen LogP contribution >= 0.6 is 0 Å². The highest BCUT2D eigenvalue weighted by Crippen LogP contribution is 2.50. The monoisotopic (exact) mass is 418 g/mol. The molecule has 28 heavy (non-hydrogen) atoms. The Morgan fingerprint density at radius 2 is 1.25 bits per heavy atom. The molecule has 0 aliphatic rings. The van der Waals surface area contributed by atoms with Crippen LogP contribution in [0.1, 0.15) is 65.2 Å². The number of hydrogen-bond acceptors (Lipinski definition) is 2. The molecule has 0 saturated carbocycles. The van der Waals surface area contributed by atoms with Crippen LogP contribution in [0.5, 0.6) is 0 Å². The zero-order chi connectivity index (χ0) is 22.2. The number of halogens is 7. The highest BCUT2D eigenvalue weighted by atomic mass is 19.4. The van der Waals surface area contributed by atoms with Crippen molar-refractivity contribution in [3.8, 4) is 0 Å². The number of alkyl halides is 7. The Labute approximate surface area is 159 Å². The lowest BCUT2D eigenvalue weighted by Crippen LogP contribution is -2.52. The van der Waals surface area contributed by atoms with Gasteiger partial charge in [0, 0.05) is 0 Å².